The standard InChI is InChI=1S/C3H8.C3H4.5C2H6.C2H4/c2*1-3-2;6*1-2/h3H2,1-2H3;1H,2H3;5*1-2H3;1-2H2. The lowest BCUT2D eigenvalue weighted by atomic mass is 10.6. The van der Waals surface area contributed by atoms with Gasteiger partial charge in [0.15, 0.2) is 0 Å². The van der Waals surface area contributed by atoms with Crippen molar-refractivity contribution >= 4 is 0 Å². The van der Waals surface area contributed by atoms with Gasteiger partial charge >= 0.3 is 0 Å². The van der Waals surface area contributed by atoms with Crippen LogP contribution in [0.25, 0.3) is 0 Å². The molecule has 0 atom stereocenters. The zero-order valence-corrected chi connectivity index (χ0v) is 16.2. The Labute approximate surface area is 122 Å². The molecule has 0 rings (SSSR count). The smallest absolute Gasteiger partial charge is 0.00297 e. The first-order valence-corrected chi connectivity index (χ1v) is 7.70. The van der Waals surface area contributed by atoms with Crippen LogP contribution in [-0.4, -0.2) is 0 Å². The molecule has 0 aliphatic rings. The molecule has 0 radical (unpaired) electrons. The summed E-state index contributed by atoms with van der Waals surface area (Å²) in [6.45, 7) is 31.9. The van der Waals surface area contributed by atoms with Gasteiger partial charge in [0.1, 0.15) is 0 Å². The first-order chi connectivity index (χ1) is 8.83. The Balaban J connectivity index is -0.0000000107. The second kappa shape index (κ2) is 2260. The van der Waals surface area contributed by atoms with Crippen LogP contribution >= 0.6 is 0 Å². The Morgan fingerprint density at radius 3 is 0.667 bits per heavy atom. The largest absolute Gasteiger partial charge is 0.120 e. The van der Waals surface area contributed by atoms with E-state index in [1.165, 1.54) is 6.42 Å². The molecule has 0 aromatic carbocycles. The van der Waals surface area contributed by atoms with Gasteiger partial charge in [0, 0.05) is 0 Å². The molecule has 0 heteroatoms. The average Bonchev–Trinajstić information content (AvgIpc) is 2.52. The van der Waals surface area contributed by atoms with Crippen LogP contribution in [0.3, 0.4) is 0 Å². The predicted molar refractivity (Wildman–Crippen MR) is 98.5 cm³/mol. The number of rotatable bonds is 0. The second-order valence-electron chi connectivity index (χ2n) is 0.996. The summed E-state index contributed by atoms with van der Waals surface area (Å²) in [6.07, 6.45) is 5.85. The molecule has 0 saturated carbocycles. The normalized spacial score (nSPS) is 3.33. The minimum atomic E-state index is 1.25. The predicted octanol–water partition coefficient (Wildman–Crippen LogP) is 7.99. The zero-order chi connectivity index (χ0) is 17.4. The Bertz CT molecular complexity index is 38.5. The Morgan fingerprint density at radius 1 is 0.667 bits per heavy atom. The second-order valence-corrected chi connectivity index (χ2v) is 0.996. The van der Waals surface area contributed by atoms with Gasteiger partial charge in [0.25, 0.3) is 0 Å². The van der Waals surface area contributed by atoms with E-state index >= 15 is 0 Å². The van der Waals surface area contributed by atoms with Crippen molar-refractivity contribution in [1.29, 1.82) is 0 Å². The van der Waals surface area contributed by atoms with E-state index in [1.54, 1.807) is 6.92 Å². The van der Waals surface area contributed by atoms with Crippen LogP contribution in [-0.2, 0) is 0 Å². The molecular formula is C18H46. The molecular weight excluding hydrogens is 216 g/mol. The third-order valence-corrected chi connectivity index (χ3v) is 0. The average molecular weight is 263 g/mol. The van der Waals surface area contributed by atoms with E-state index in [-0.39, 0.29) is 0 Å². The van der Waals surface area contributed by atoms with Gasteiger partial charge in [-0.05, 0) is 6.92 Å². The van der Waals surface area contributed by atoms with Crippen LogP contribution in [0.4, 0.5) is 0 Å². The topological polar surface area (TPSA) is 0 Å². The van der Waals surface area contributed by atoms with Gasteiger partial charge in [-0.15, -0.1) is 25.5 Å². The molecule has 0 aromatic rings. The van der Waals surface area contributed by atoms with Gasteiger partial charge in [-0.2, -0.15) is 0 Å². The summed E-state index contributed by atoms with van der Waals surface area (Å²) in [7, 11) is 0. The summed E-state index contributed by atoms with van der Waals surface area (Å²) in [5.74, 6) is 2.25. The molecule has 0 amide bonds. The van der Waals surface area contributed by atoms with Crippen molar-refractivity contribution in [3.63, 3.8) is 0 Å². The van der Waals surface area contributed by atoms with Crippen molar-refractivity contribution in [2.24, 2.45) is 0 Å². The van der Waals surface area contributed by atoms with Crippen LogP contribution in [0.5, 0.6) is 0 Å². The van der Waals surface area contributed by atoms with Crippen LogP contribution in [0.15, 0.2) is 13.2 Å². The minimum absolute atomic E-state index is 1.25. The fraction of sp³-hybridized carbons (Fsp3) is 0.778. The summed E-state index contributed by atoms with van der Waals surface area (Å²) in [4.78, 5) is 0. The van der Waals surface area contributed by atoms with E-state index in [9.17, 15) is 0 Å². The molecule has 0 N–H and O–H groups in total. The highest BCUT2D eigenvalue weighted by Crippen LogP contribution is 1.56. The Hall–Kier alpha value is -0.700. The summed E-state index contributed by atoms with van der Waals surface area (Å²) in [6, 6.07) is 0. The molecule has 0 fully saturated rings. The Morgan fingerprint density at radius 2 is 0.667 bits per heavy atom. The van der Waals surface area contributed by atoms with Gasteiger partial charge in [0.05, 0.1) is 0 Å². The summed E-state index contributed by atoms with van der Waals surface area (Å²) < 4.78 is 0. The lowest BCUT2D eigenvalue weighted by Crippen LogP contribution is -1.27. The van der Waals surface area contributed by atoms with Gasteiger partial charge in [0.2, 0.25) is 0 Å². The molecule has 0 aromatic heterocycles. The lowest BCUT2D eigenvalue weighted by molar-refractivity contribution is 1.09. The van der Waals surface area contributed by atoms with Gasteiger partial charge in [-0.1, -0.05) is 89.5 Å². The van der Waals surface area contributed by atoms with Crippen molar-refractivity contribution in [2.45, 2.75) is 96.4 Å². The van der Waals surface area contributed by atoms with E-state index in [0.29, 0.717) is 0 Å². The number of hydrogen-bond acceptors (Lipinski definition) is 0. The van der Waals surface area contributed by atoms with Crippen molar-refractivity contribution in [1.82, 2.24) is 0 Å². The molecule has 0 heterocycles. The van der Waals surface area contributed by atoms with E-state index in [4.69, 9.17) is 0 Å². The van der Waals surface area contributed by atoms with E-state index in [1.807, 2.05) is 69.2 Å². The van der Waals surface area contributed by atoms with Crippen LogP contribution < -0.4 is 0 Å². The van der Waals surface area contributed by atoms with Crippen molar-refractivity contribution in [3.05, 3.63) is 13.2 Å². The Kier molecular flexibility index (Phi) is 6670. The first-order valence-electron chi connectivity index (χ1n) is 7.70. The van der Waals surface area contributed by atoms with E-state index in [0.717, 1.165) is 0 Å². The first kappa shape index (κ1) is 53.1. The molecule has 118 valence electrons. The van der Waals surface area contributed by atoms with Crippen molar-refractivity contribution < 1.29 is 0 Å². The minimum Gasteiger partial charge on any atom is -0.120 e. The molecule has 18 heavy (non-hydrogen) atoms. The van der Waals surface area contributed by atoms with Gasteiger partial charge in [-0.3, -0.25) is 0 Å². The third kappa shape index (κ3) is 6390. The molecule has 0 unspecified atom stereocenters. The highest BCUT2D eigenvalue weighted by Gasteiger charge is 1.35. The van der Waals surface area contributed by atoms with Gasteiger partial charge in [-0.25, -0.2) is 0 Å². The molecule has 0 nitrogen and oxygen atoms in total. The van der Waals surface area contributed by atoms with Crippen LogP contribution in [0.1, 0.15) is 96.4 Å². The molecule has 0 aliphatic carbocycles. The fourth-order valence-corrected chi connectivity index (χ4v) is 0. The molecule has 0 saturated heterocycles. The maximum absolute atomic E-state index is 4.60. The van der Waals surface area contributed by atoms with E-state index in [2.05, 4.69) is 39.3 Å². The summed E-state index contributed by atoms with van der Waals surface area (Å²) in [5, 5.41) is 0. The quantitative estimate of drug-likeness (QED) is 0.306. The molecule has 0 aliphatic heterocycles. The monoisotopic (exact) mass is 262 g/mol. The highest BCUT2D eigenvalue weighted by atomic mass is 13.4. The summed E-state index contributed by atoms with van der Waals surface area (Å²) >= 11 is 0. The SMILES string of the molecule is C#CC.C=C.CC.CC.CC.CC.CC.CCC. The number of hydrogen-bond donors (Lipinski definition) is 0. The van der Waals surface area contributed by atoms with Crippen molar-refractivity contribution in [3.8, 4) is 12.3 Å². The molecule has 0 bridgehead atoms. The fourth-order valence-electron chi connectivity index (χ4n) is 0. The van der Waals surface area contributed by atoms with Crippen LogP contribution in [0, 0.1) is 12.3 Å². The maximum Gasteiger partial charge on any atom is -0.00297 e. The lowest BCUT2D eigenvalue weighted by Gasteiger charge is -1.48. The van der Waals surface area contributed by atoms with Crippen molar-refractivity contribution in [2.75, 3.05) is 0 Å². The summed E-state index contributed by atoms with van der Waals surface area (Å²) in [5.41, 5.74) is 0. The van der Waals surface area contributed by atoms with Crippen LogP contribution in [0.2, 0.25) is 0 Å². The third-order valence-electron chi connectivity index (χ3n) is 0. The maximum atomic E-state index is 4.60. The molecule has 0 spiro atoms. The van der Waals surface area contributed by atoms with E-state index < -0.39 is 0 Å². The number of terminal acetylenes is 1. The zero-order valence-electron chi connectivity index (χ0n) is 16.2. The van der Waals surface area contributed by atoms with Gasteiger partial charge < -0.3 is 0 Å². The highest BCUT2D eigenvalue weighted by molar-refractivity contribution is 4.73.